The standard InChI is InChI=1S/C13H26/c1-10(2)8-9-12-6-5-7-13(12)11(3)4/h10-13H,5-9H2,1-4H3. The summed E-state index contributed by atoms with van der Waals surface area (Å²) >= 11 is 0. The van der Waals surface area contributed by atoms with Crippen LogP contribution in [0.3, 0.4) is 0 Å². The van der Waals surface area contributed by atoms with Gasteiger partial charge in [0, 0.05) is 0 Å². The zero-order valence-electron chi connectivity index (χ0n) is 9.84. The van der Waals surface area contributed by atoms with Gasteiger partial charge in [-0.05, 0) is 36.5 Å². The highest BCUT2D eigenvalue weighted by Crippen LogP contribution is 2.39. The van der Waals surface area contributed by atoms with E-state index >= 15 is 0 Å². The molecule has 0 nitrogen and oxygen atoms in total. The Hall–Kier alpha value is 0. The number of hydrogen-bond donors (Lipinski definition) is 0. The topological polar surface area (TPSA) is 0 Å². The maximum Gasteiger partial charge on any atom is -0.0363 e. The average molecular weight is 182 g/mol. The molecular formula is C13H26. The van der Waals surface area contributed by atoms with Gasteiger partial charge in [-0.15, -0.1) is 0 Å². The van der Waals surface area contributed by atoms with Crippen LogP contribution in [0.2, 0.25) is 0 Å². The summed E-state index contributed by atoms with van der Waals surface area (Å²) in [4.78, 5) is 0. The van der Waals surface area contributed by atoms with Gasteiger partial charge in [0.15, 0.2) is 0 Å². The largest absolute Gasteiger partial charge is 0.0628 e. The molecule has 0 spiro atoms. The van der Waals surface area contributed by atoms with E-state index in [2.05, 4.69) is 27.7 Å². The Bertz CT molecular complexity index is 135. The van der Waals surface area contributed by atoms with Crippen molar-refractivity contribution in [1.29, 1.82) is 0 Å². The molecular weight excluding hydrogens is 156 g/mol. The fourth-order valence-corrected chi connectivity index (χ4v) is 2.85. The molecule has 0 aromatic rings. The lowest BCUT2D eigenvalue weighted by molar-refractivity contribution is 0.268. The second-order valence-electron chi connectivity index (χ2n) is 5.57. The van der Waals surface area contributed by atoms with E-state index in [1.807, 2.05) is 0 Å². The van der Waals surface area contributed by atoms with Crippen LogP contribution in [0.4, 0.5) is 0 Å². The van der Waals surface area contributed by atoms with Crippen LogP contribution in [-0.4, -0.2) is 0 Å². The predicted molar refractivity (Wildman–Crippen MR) is 59.7 cm³/mol. The first-order valence-corrected chi connectivity index (χ1v) is 6.11. The summed E-state index contributed by atoms with van der Waals surface area (Å²) in [6.45, 7) is 9.50. The summed E-state index contributed by atoms with van der Waals surface area (Å²) in [7, 11) is 0. The van der Waals surface area contributed by atoms with Crippen LogP contribution in [0, 0.1) is 23.7 Å². The average Bonchev–Trinajstić information content (AvgIpc) is 2.47. The molecule has 13 heavy (non-hydrogen) atoms. The van der Waals surface area contributed by atoms with Gasteiger partial charge in [0.2, 0.25) is 0 Å². The van der Waals surface area contributed by atoms with Gasteiger partial charge in [-0.3, -0.25) is 0 Å². The maximum absolute atomic E-state index is 2.40. The highest BCUT2D eigenvalue weighted by atomic mass is 14.3. The van der Waals surface area contributed by atoms with Gasteiger partial charge in [0.05, 0.1) is 0 Å². The summed E-state index contributed by atoms with van der Waals surface area (Å²) in [6.07, 6.45) is 7.43. The normalized spacial score (nSPS) is 29.1. The Morgan fingerprint density at radius 2 is 1.77 bits per heavy atom. The van der Waals surface area contributed by atoms with Crippen LogP contribution >= 0.6 is 0 Å². The molecule has 0 bridgehead atoms. The van der Waals surface area contributed by atoms with E-state index in [4.69, 9.17) is 0 Å². The van der Waals surface area contributed by atoms with Crippen molar-refractivity contribution in [3.05, 3.63) is 0 Å². The minimum absolute atomic E-state index is 0.897. The zero-order chi connectivity index (χ0) is 9.84. The second-order valence-corrected chi connectivity index (χ2v) is 5.57. The molecule has 0 aromatic carbocycles. The molecule has 1 rings (SSSR count). The van der Waals surface area contributed by atoms with Crippen LogP contribution in [0.15, 0.2) is 0 Å². The van der Waals surface area contributed by atoms with Crippen molar-refractivity contribution < 1.29 is 0 Å². The van der Waals surface area contributed by atoms with E-state index in [0.717, 1.165) is 23.7 Å². The van der Waals surface area contributed by atoms with Crippen molar-refractivity contribution in [2.24, 2.45) is 23.7 Å². The third-order valence-corrected chi connectivity index (χ3v) is 3.69. The summed E-state index contributed by atoms with van der Waals surface area (Å²) < 4.78 is 0. The molecule has 1 fully saturated rings. The van der Waals surface area contributed by atoms with E-state index in [-0.39, 0.29) is 0 Å². The molecule has 0 heterocycles. The highest BCUT2D eigenvalue weighted by Gasteiger charge is 2.28. The van der Waals surface area contributed by atoms with Crippen LogP contribution in [0.1, 0.15) is 59.8 Å². The van der Waals surface area contributed by atoms with E-state index in [1.54, 1.807) is 0 Å². The molecule has 2 unspecified atom stereocenters. The van der Waals surface area contributed by atoms with Crippen LogP contribution in [-0.2, 0) is 0 Å². The van der Waals surface area contributed by atoms with Gasteiger partial charge in [-0.2, -0.15) is 0 Å². The summed E-state index contributed by atoms with van der Waals surface area (Å²) in [5, 5.41) is 0. The maximum atomic E-state index is 2.40. The Kier molecular flexibility index (Phi) is 4.28. The van der Waals surface area contributed by atoms with E-state index < -0.39 is 0 Å². The van der Waals surface area contributed by atoms with Gasteiger partial charge in [0.25, 0.3) is 0 Å². The fraction of sp³-hybridized carbons (Fsp3) is 1.00. The molecule has 0 amide bonds. The highest BCUT2D eigenvalue weighted by molar-refractivity contribution is 4.79. The first kappa shape index (κ1) is 11.1. The molecule has 0 N–H and O–H groups in total. The van der Waals surface area contributed by atoms with Crippen molar-refractivity contribution in [2.75, 3.05) is 0 Å². The molecule has 0 heteroatoms. The van der Waals surface area contributed by atoms with E-state index in [1.165, 1.54) is 32.1 Å². The van der Waals surface area contributed by atoms with Gasteiger partial charge in [-0.25, -0.2) is 0 Å². The van der Waals surface area contributed by atoms with Gasteiger partial charge < -0.3 is 0 Å². The van der Waals surface area contributed by atoms with Crippen molar-refractivity contribution in [2.45, 2.75) is 59.8 Å². The summed E-state index contributed by atoms with van der Waals surface area (Å²) in [5.41, 5.74) is 0. The Morgan fingerprint density at radius 3 is 2.31 bits per heavy atom. The van der Waals surface area contributed by atoms with Crippen molar-refractivity contribution in [1.82, 2.24) is 0 Å². The number of hydrogen-bond acceptors (Lipinski definition) is 0. The number of rotatable bonds is 4. The van der Waals surface area contributed by atoms with Gasteiger partial charge in [-0.1, -0.05) is 47.0 Å². The Balaban J connectivity index is 2.31. The summed E-state index contributed by atoms with van der Waals surface area (Å²) in [5.74, 6) is 3.91. The van der Waals surface area contributed by atoms with E-state index in [9.17, 15) is 0 Å². The lowest BCUT2D eigenvalue weighted by Gasteiger charge is -2.23. The van der Waals surface area contributed by atoms with E-state index in [0.29, 0.717) is 0 Å². The van der Waals surface area contributed by atoms with Crippen LogP contribution in [0.25, 0.3) is 0 Å². The fourth-order valence-electron chi connectivity index (χ4n) is 2.85. The molecule has 1 aliphatic carbocycles. The monoisotopic (exact) mass is 182 g/mol. The molecule has 78 valence electrons. The molecule has 0 saturated heterocycles. The first-order valence-electron chi connectivity index (χ1n) is 6.11. The lowest BCUT2D eigenvalue weighted by Crippen LogP contribution is -2.14. The smallest absolute Gasteiger partial charge is 0.0363 e. The third kappa shape index (κ3) is 3.32. The van der Waals surface area contributed by atoms with Crippen LogP contribution < -0.4 is 0 Å². The Labute approximate surface area is 84.1 Å². The molecule has 0 aliphatic heterocycles. The first-order chi connectivity index (χ1) is 6.11. The minimum atomic E-state index is 0.897. The van der Waals surface area contributed by atoms with Crippen LogP contribution in [0.5, 0.6) is 0 Å². The third-order valence-electron chi connectivity index (χ3n) is 3.69. The molecule has 0 aromatic heterocycles. The molecule has 2 atom stereocenters. The van der Waals surface area contributed by atoms with Gasteiger partial charge >= 0.3 is 0 Å². The van der Waals surface area contributed by atoms with Crippen molar-refractivity contribution >= 4 is 0 Å². The molecule has 1 aliphatic rings. The predicted octanol–water partition coefficient (Wildman–Crippen LogP) is 4.49. The second kappa shape index (κ2) is 5.02. The molecule has 0 radical (unpaired) electrons. The Morgan fingerprint density at radius 1 is 1.08 bits per heavy atom. The zero-order valence-corrected chi connectivity index (χ0v) is 9.84. The molecule has 1 saturated carbocycles. The van der Waals surface area contributed by atoms with Gasteiger partial charge in [0.1, 0.15) is 0 Å². The quantitative estimate of drug-likeness (QED) is 0.600. The SMILES string of the molecule is CC(C)CCC1CCCC1C(C)C. The van der Waals surface area contributed by atoms with Crippen molar-refractivity contribution in [3.8, 4) is 0 Å². The minimum Gasteiger partial charge on any atom is -0.0628 e. The lowest BCUT2D eigenvalue weighted by atomic mass is 9.82. The summed E-state index contributed by atoms with van der Waals surface area (Å²) in [6, 6.07) is 0. The van der Waals surface area contributed by atoms with Crippen molar-refractivity contribution in [3.63, 3.8) is 0 Å².